The molecule has 5 rings (SSSR count). The maximum Gasteiger partial charge on any atom is 0.269 e. The number of carbonyl (C=O) groups is 2. The Bertz CT molecular complexity index is 1100. The van der Waals surface area contributed by atoms with Crippen LogP contribution in [-0.4, -0.2) is 66.7 Å². The van der Waals surface area contributed by atoms with Gasteiger partial charge in [-0.2, -0.15) is 0 Å². The molecule has 1 atom stereocenters. The number of fused-ring (bicyclic) bond motifs is 3. The van der Waals surface area contributed by atoms with E-state index in [1.54, 1.807) is 19.3 Å². The van der Waals surface area contributed by atoms with Crippen LogP contribution in [0.15, 0.2) is 35.5 Å². The second-order valence-corrected chi connectivity index (χ2v) is 8.35. The third-order valence-corrected chi connectivity index (χ3v) is 6.17. The van der Waals surface area contributed by atoms with E-state index in [-0.39, 0.29) is 24.4 Å². The van der Waals surface area contributed by atoms with Gasteiger partial charge in [0, 0.05) is 43.9 Å². The van der Waals surface area contributed by atoms with Crippen molar-refractivity contribution in [3.63, 3.8) is 0 Å². The minimum absolute atomic E-state index is 0.0345. The van der Waals surface area contributed by atoms with Gasteiger partial charge in [0.05, 0.1) is 49.0 Å². The molecule has 1 saturated heterocycles. The maximum atomic E-state index is 13.2. The number of pyridine rings is 1. The number of benzene rings is 1. The average Bonchev–Trinajstić information content (AvgIpc) is 2.79. The fourth-order valence-corrected chi connectivity index (χ4v) is 4.43. The summed E-state index contributed by atoms with van der Waals surface area (Å²) < 4.78 is 6.10. The number of amides is 2. The smallest absolute Gasteiger partial charge is 0.269 e. The van der Waals surface area contributed by atoms with Crippen LogP contribution in [0.5, 0.6) is 5.75 Å². The van der Waals surface area contributed by atoms with E-state index in [2.05, 4.69) is 26.7 Å². The summed E-state index contributed by atoms with van der Waals surface area (Å²) in [5.74, 6) is 0.640. The van der Waals surface area contributed by atoms with Crippen LogP contribution in [0.4, 0.5) is 17.1 Å². The molecular formula is C23H26N6O3. The highest BCUT2D eigenvalue weighted by molar-refractivity contribution is 5.94. The third kappa shape index (κ3) is 3.74. The van der Waals surface area contributed by atoms with Crippen LogP contribution >= 0.6 is 0 Å². The van der Waals surface area contributed by atoms with Crippen molar-refractivity contribution in [2.24, 2.45) is 4.99 Å². The van der Waals surface area contributed by atoms with Crippen molar-refractivity contribution in [1.29, 1.82) is 0 Å². The lowest BCUT2D eigenvalue weighted by Gasteiger charge is -2.43. The van der Waals surface area contributed by atoms with Gasteiger partial charge in [-0.3, -0.25) is 14.6 Å². The molecule has 9 nitrogen and oxygen atoms in total. The molecule has 0 radical (unpaired) electrons. The fraction of sp³-hybridized carbons (Fsp3) is 0.391. The number of aromatic nitrogens is 1. The lowest BCUT2D eigenvalue weighted by atomic mass is 10.0. The summed E-state index contributed by atoms with van der Waals surface area (Å²) in [7, 11) is 1.57. The second kappa shape index (κ2) is 8.14. The molecule has 2 N–H and O–H groups in total. The van der Waals surface area contributed by atoms with E-state index < -0.39 is 0 Å². The van der Waals surface area contributed by atoms with Crippen molar-refractivity contribution in [1.82, 2.24) is 15.2 Å². The predicted molar refractivity (Wildman–Crippen MR) is 122 cm³/mol. The maximum absolute atomic E-state index is 13.2. The van der Waals surface area contributed by atoms with Crippen molar-refractivity contribution >= 4 is 34.6 Å². The number of anilines is 2. The summed E-state index contributed by atoms with van der Waals surface area (Å²) in [6.07, 6.45) is 2.39. The van der Waals surface area contributed by atoms with Crippen LogP contribution in [0.1, 0.15) is 29.4 Å². The van der Waals surface area contributed by atoms with Crippen LogP contribution < -0.4 is 20.3 Å². The molecule has 166 valence electrons. The number of nitrogens with zero attached hydrogens (tertiary/aromatic N) is 4. The van der Waals surface area contributed by atoms with Gasteiger partial charge in [0.2, 0.25) is 5.91 Å². The predicted octanol–water partition coefficient (Wildman–Crippen LogP) is 1.96. The summed E-state index contributed by atoms with van der Waals surface area (Å²) in [5, 5.41) is 5.96. The SMILES string of the molecule is CNC(=O)c1ccc(N2CC(=O)N3Cc4cc5c(cc4OCC[C@H]3C2)N=C(C)CN5)cn1. The summed E-state index contributed by atoms with van der Waals surface area (Å²) in [5.41, 5.74) is 5.08. The highest BCUT2D eigenvalue weighted by Gasteiger charge is 2.34. The summed E-state index contributed by atoms with van der Waals surface area (Å²) in [4.78, 5) is 37.8. The Labute approximate surface area is 186 Å². The Morgan fingerprint density at radius 1 is 1.28 bits per heavy atom. The molecule has 1 fully saturated rings. The largest absolute Gasteiger partial charge is 0.493 e. The van der Waals surface area contributed by atoms with Crippen molar-refractivity contribution in [3.05, 3.63) is 41.7 Å². The molecule has 3 aliphatic heterocycles. The topological polar surface area (TPSA) is 99.2 Å². The molecule has 32 heavy (non-hydrogen) atoms. The van der Waals surface area contributed by atoms with Crippen molar-refractivity contribution in [2.45, 2.75) is 25.9 Å². The zero-order chi connectivity index (χ0) is 22.2. The average molecular weight is 435 g/mol. The normalized spacial score (nSPS) is 19.9. The number of aliphatic imine (C=N–C) groups is 1. The van der Waals surface area contributed by atoms with Crippen molar-refractivity contribution < 1.29 is 14.3 Å². The van der Waals surface area contributed by atoms with Crippen molar-refractivity contribution in [2.75, 3.05) is 43.5 Å². The van der Waals surface area contributed by atoms with Gasteiger partial charge in [-0.05, 0) is 25.1 Å². The van der Waals surface area contributed by atoms with Gasteiger partial charge in [0.25, 0.3) is 5.91 Å². The quantitative estimate of drug-likeness (QED) is 0.750. The molecule has 0 unspecified atom stereocenters. The number of hydrogen-bond acceptors (Lipinski definition) is 7. The zero-order valence-electron chi connectivity index (χ0n) is 18.2. The highest BCUT2D eigenvalue weighted by Crippen LogP contribution is 2.37. The first-order chi connectivity index (χ1) is 15.5. The van der Waals surface area contributed by atoms with E-state index in [0.29, 0.717) is 25.4 Å². The van der Waals surface area contributed by atoms with Crippen molar-refractivity contribution in [3.8, 4) is 5.75 Å². The Morgan fingerprint density at radius 2 is 2.16 bits per heavy atom. The monoisotopic (exact) mass is 434 g/mol. The van der Waals surface area contributed by atoms with E-state index >= 15 is 0 Å². The highest BCUT2D eigenvalue weighted by atomic mass is 16.5. The van der Waals surface area contributed by atoms with Crippen LogP contribution in [0.25, 0.3) is 0 Å². The first-order valence-corrected chi connectivity index (χ1v) is 10.8. The number of carbonyl (C=O) groups excluding carboxylic acids is 2. The number of rotatable bonds is 2. The molecule has 1 aromatic carbocycles. The lowest BCUT2D eigenvalue weighted by Crippen LogP contribution is -2.57. The summed E-state index contributed by atoms with van der Waals surface area (Å²) >= 11 is 0. The molecule has 0 spiro atoms. The Kier molecular flexibility index (Phi) is 5.16. The minimum atomic E-state index is -0.231. The standard InChI is InChI=1S/C23H26N6O3/c1-14-9-25-19-7-15-11-29-17(5-6-32-21(15)8-20(19)27-14)12-28(13-22(29)30)16-3-4-18(26-10-16)23(31)24-2/h3-4,7-8,10,17,25H,5-6,9,11-13H2,1-2H3,(H,24,31)/t17-/m0/s1. The Morgan fingerprint density at radius 3 is 2.94 bits per heavy atom. The number of ether oxygens (including phenoxy) is 1. The zero-order valence-corrected chi connectivity index (χ0v) is 18.2. The number of hydrogen-bond donors (Lipinski definition) is 2. The van der Waals surface area contributed by atoms with Gasteiger partial charge in [-0.1, -0.05) is 0 Å². The van der Waals surface area contributed by atoms with E-state index in [4.69, 9.17) is 4.74 Å². The van der Waals surface area contributed by atoms with Gasteiger partial charge in [0.15, 0.2) is 0 Å². The molecule has 3 aliphatic rings. The van der Waals surface area contributed by atoms with E-state index in [1.807, 2.05) is 28.9 Å². The number of nitrogens with one attached hydrogen (secondary N) is 2. The van der Waals surface area contributed by atoms with Gasteiger partial charge >= 0.3 is 0 Å². The molecule has 2 amide bonds. The first-order valence-electron chi connectivity index (χ1n) is 10.8. The second-order valence-electron chi connectivity index (χ2n) is 8.35. The van der Waals surface area contributed by atoms with Gasteiger partial charge in [0.1, 0.15) is 11.4 Å². The van der Waals surface area contributed by atoms with Crippen LogP contribution in [-0.2, 0) is 11.3 Å². The van der Waals surface area contributed by atoms with Crippen LogP contribution in [0, 0.1) is 0 Å². The van der Waals surface area contributed by atoms with Crippen LogP contribution in [0.3, 0.4) is 0 Å². The molecule has 0 aliphatic carbocycles. The van der Waals surface area contributed by atoms with Gasteiger partial charge in [-0.25, -0.2) is 4.98 Å². The van der Waals surface area contributed by atoms with E-state index in [1.165, 1.54) is 0 Å². The van der Waals surface area contributed by atoms with Gasteiger partial charge < -0.3 is 25.2 Å². The molecule has 4 heterocycles. The lowest BCUT2D eigenvalue weighted by molar-refractivity contribution is -0.135. The molecule has 1 aromatic heterocycles. The van der Waals surface area contributed by atoms with E-state index in [0.717, 1.165) is 47.1 Å². The molecule has 0 saturated carbocycles. The fourth-order valence-electron chi connectivity index (χ4n) is 4.43. The van der Waals surface area contributed by atoms with Gasteiger partial charge in [-0.15, -0.1) is 0 Å². The molecule has 9 heteroatoms. The van der Waals surface area contributed by atoms with E-state index in [9.17, 15) is 9.59 Å². The Hall–Kier alpha value is -3.62. The first kappa shape index (κ1) is 20.3. The van der Waals surface area contributed by atoms with Crippen LogP contribution in [0.2, 0.25) is 0 Å². The summed E-state index contributed by atoms with van der Waals surface area (Å²) in [6, 6.07) is 7.59. The summed E-state index contributed by atoms with van der Waals surface area (Å²) in [6.45, 7) is 4.73. The number of piperazine rings is 1. The molecule has 0 bridgehead atoms. The third-order valence-electron chi connectivity index (χ3n) is 6.17. The molecular weight excluding hydrogens is 408 g/mol. The Balaban J connectivity index is 1.37. The molecule has 2 aromatic rings. The minimum Gasteiger partial charge on any atom is -0.493 e.